The number of nitriles is 1. The summed E-state index contributed by atoms with van der Waals surface area (Å²) in [5.74, 6) is -2.39. The predicted molar refractivity (Wildman–Crippen MR) is 97.6 cm³/mol. The average Bonchev–Trinajstić information content (AvgIpc) is 3.02. The van der Waals surface area contributed by atoms with E-state index in [1.807, 2.05) is 34.6 Å². The minimum atomic E-state index is -1.49. The number of anilines is 1. The molecule has 7 heteroatoms. The van der Waals surface area contributed by atoms with Gasteiger partial charge < -0.3 is 5.32 Å². The molecule has 0 aliphatic carbocycles. The van der Waals surface area contributed by atoms with E-state index in [-0.39, 0.29) is 23.0 Å². The molecule has 0 aromatic carbocycles. The zero-order valence-corrected chi connectivity index (χ0v) is 15.6. The maximum atomic E-state index is 12.7. The van der Waals surface area contributed by atoms with Gasteiger partial charge in [-0.05, 0) is 44.9 Å². The SMILES string of the molecule is CC(C)c1cc(C(=O)C(C#N)C(=O)Nc2ccccn2)nn1C(C)(C)C. The lowest BCUT2D eigenvalue weighted by atomic mass is 10.0. The van der Waals surface area contributed by atoms with E-state index < -0.39 is 17.6 Å². The van der Waals surface area contributed by atoms with Crippen LogP contribution in [0.15, 0.2) is 30.5 Å². The molecule has 0 aliphatic heterocycles. The molecule has 26 heavy (non-hydrogen) atoms. The van der Waals surface area contributed by atoms with Gasteiger partial charge in [0.15, 0.2) is 5.92 Å². The third kappa shape index (κ3) is 4.14. The molecule has 1 atom stereocenters. The molecule has 0 bridgehead atoms. The highest BCUT2D eigenvalue weighted by Crippen LogP contribution is 2.24. The van der Waals surface area contributed by atoms with E-state index in [4.69, 9.17) is 0 Å². The summed E-state index contributed by atoms with van der Waals surface area (Å²) in [4.78, 5) is 29.1. The van der Waals surface area contributed by atoms with Gasteiger partial charge in [0.05, 0.1) is 11.6 Å². The second-order valence-electron chi connectivity index (χ2n) is 7.32. The number of carbonyl (C=O) groups is 2. The number of aromatic nitrogens is 3. The Kier molecular flexibility index (Phi) is 5.56. The first kappa shape index (κ1) is 19.3. The normalized spacial score (nSPS) is 12.5. The number of nitrogens with zero attached hydrogens (tertiary/aromatic N) is 4. The highest BCUT2D eigenvalue weighted by molar-refractivity contribution is 6.14. The Balaban J connectivity index is 2.31. The molecule has 1 amide bonds. The molecule has 2 heterocycles. The number of ketones is 1. The largest absolute Gasteiger partial charge is 0.309 e. The lowest BCUT2D eigenvalue weighted by Gasteiger charge is -2.23. The number of hydrogen-bond acceptors (Lipinski definition) is 5. The molecule has 0 saturated carbocycles. The van der Waals surface area contributed by atoms with Crippen LogP contribution in [0.4, 0.5) is 5.82 Å². The maximum absolute atomic E-state index is 12.7. The Morgan fingerprint density at radius 1 is 1.27 bits per heavy atom. The fourth-order valence-electron chi connectivity index (χ4n) is 2.48. The smallest absolute Gasteiger partial charge is 0.250 e. The van der Waals surface area contributed by atoms with Crippen molar-refractivity contribution in [3.63, 3.8) is 0 Å². The van der Waals surface area contributed by atoms with Crippen molar-refractivity contribution >= 4 is 17.5 Å². The summed E-state index contributed by atoms with van der Waals surface area (Å²) in [6, 6.07) is 8.43. The van der Waals surface area contributed by atoms with Crippen molar-refractivity contribution in [2.24, 2.45) is 5.92 Å². The Hall–Kier alpha value is -3.01. The van der Waals surface area contributed by atoms with E-state index >= 15 is 0 Å². The first-order valence-electron chi connectivity index (χ1n) is 8.41. The number of Topliss-reactive ketones (excluding diaryl/α,β-unsaturated/α-hetero) is 1. The van der Waals surface area contributed by atoms with Gasteiger partial charge in [0, 0.05) is 11.9 Å². The molecule has 0 radical (unpaired) electrons. The maximum Gasteiger partial charge on any atom is 0.250 e. The highest BCUT2D eigenvalue weighted by Gasteiger charge is 2.32. The second-order valence-corrected chi connectivity index (χ2v) is 7.32. The molecule has 0 aliphatic rings. The Bertz CT molecular complexity index is 841. The van der Waals surface area contributed by atoms with Crippen LogP contribution in [0.2, 0.25) is 0 Å². The van der Waals surface area contributed by atoms with Crippen molar-refractivity contribution in [2.45, 2.75) is 46.1 Å². The van der Waals surface area contributed by atoms with Gasteiger partial charge in [-0.2, -0.15) is 10.4 Å². The van der Waals surface area contributed by atoms with Crippen LogP contribution in [0.25, 0.3) is 0 Å². The fourth-order valence-corrected chi connectivity index (χ4v) is 2.48. The molecular weight excluding hydrogens is 330 g/mol. The molecule has 2 aromatic heterocycles. The predicted octanol–water partition coefficient (Wildman–Crippen LogP) is 3.12. The number of pyridine rings is 1. The molecule has 7 nitrogen and oxygen atoms in total. The van der Waals surface area contributed by atoms with E-state index in [9.17, 15) is 14.9 Å². The van der Waals surface area contributed by atoms with Crippen LogP contribution in [-0.2, 0) is 10.3 Å². The van der Waals surface area contributed by atoms with E-state index in [1.165, 1.54) is 6.20 Å². The third-order valence-electron chi connectivity index (χ3n) is 3.79. The van der Waals surface area contributed by atoms with Crippen molar-refractivity contribution in [3.05, 3.63) is 41.9 Å². The summed E-state index contributed by atoms with van der Waals surface area (Å²) in [6.45, 7) is 9.95. The van der Waals surface area contributed by atoms with Crippen molar-refractivity contribution in [3.8, 4) is 6.07 Å². The zero-order valence-electron chi connectivity index (χ0n) is 15.6. The first-order valence-corrected chi connectivity index (χ1v) is 8.41. The van der Waals surface area contributed by atoms with Gasteiger partial charge in [-0.15, -0.1) is 0 Å². The van der Waals surface area contributed by atoms with Crippen LogP contribution in [0.1, 0.15) is 56.7 Å². The Labute approximate surface area is 153 Å². The Morgan fingerprint density at radius 3 is 2.42 bits per heavy atom. The highest BCUT2D eigenvalue weighted by atomic mass is 16.2. The van der Waals surface area contributed by atoms with Gasteiger partial charge >= 0.3 is 0 Å². The minimum Gasteiger partial charge on any atom is -0.309 e. The number of amides is 1. The average molecular weight is 353 g/mol. The Morgan fingerprint density at radius 2 is 1.96 bits per heavy atom. The van der Waals surface area contributed by atoms with Crippen molar-refractivity contribution in [2.75, 3.05) is 5.32 Å². The van der Waals surface area contributed by atoms with Gasteiger partial charge in [0.25, 0.3) is 5.91 Å². The second kappa shape index (κ2) is 7.48. The lowest BCUT2D eigenvalue weighted by Crippen LogP contribution is -2.30. The lowest BCUT2D eigenvalue weighted by molar-refractivity contribution is -0.117. The van der Waals surface area contributed by atoms with Crippen LogP contribution in [0.3, 0.4) is 0 Å². The third-order valence-corrected chi connectivity index (χ3v) is 3.79. The fraction of sp³-hybridized carbons (Fsp3) is 0.421. The number of nitrogens with one attached hydrogen (secondary N) is 1. The first-order chi connectivity index (χ1) is 12.1. The molecule has 1 unspecified atom stereocenters. The number of carbonyl (C=O) groups excluding carboxylic acids is 2. The number of rotatable bonds is 5. The summed E-state index contributed by atoms with van der Waals surface area (Å²) in [7, 11) is 0. The molecule has 0 spiro atoms. The molecule has 2 rings (SSSR count). The van der Waals surface area contributed by atoms with Crippen molar-refractivity contribution < 1.29 is 9.59 Å². The standard InChI is InChI=1S/C19H23N5O2/c1-12(2)15-10-14(23-24(15)19(3,4)5)17(25)13(11-20)18(26)22-16-8-6-7-9-21-16/h6-10,12-13H,1-5H3,(H,21,22,26). The van der Waals surface area contributed by atoms with Crippen LogP contribution in [0.5, 0.6) is 0 Å². The minimum absolute atomic E-state index is 0.117. The summed E-state index contributed by atoms with van der Waals surface area (Å²) < 4.78 is 1.77. The summed E-state index contributed by atoms with van der Waals surface area (Å²) >= 11 is 0. The van der Waals surface area contributed by atoms with Crippen LogP contribution < -0.4 is 5.32 Å². The summed E-state index contributed by atoms with van der Waals surface area (Å²) in [6.07, 6.45) is 1.51. The van der Waals surface area contributed by atoms with E-state index in [0.29, 0.717) is 0 Å². The molecule has 2 aromatic rings. The van der Waals surface area contributed by atoms with Crippen LogP contribution in [0, 0.1) is 17.2 Å². The van der Waals surface area contributed by atoms with Crippen molar-refractivity contribution in [1.29, 1.82) is 5.26 Å². The molecule has 1 N–H and O–H groups in total. The van der Waals surface area contributed by atoms with E-state index in [2.05, 4.69) is 15.4 Å². The quantitative estimate of drug-likeness (QED) is 0.657. The monoisotopic (exact) mass is 353 g/mol. The molecular formula is C19H23N5O2. The van der Waals surface area contributed by atoms with Gasteiger partial charge in [-0.1, -0.05) is 19.9 Å². The number of hydrogen-bond donors (Lipinski definition) is 1. The summed E-state index contributed by atoms with van der Waals surface area (Å²) in [5.41, 5.74) is 0.672. The zero-order chi connectivity index (χ0) is 19.5. The topological polar surface area (TPSA) is 101 Å². The van der Waals surface area contributed by atoms with E-state index in [0.717, 1.165) is 5.69 Å². The van der Waals surface area contributed by atoms with Crippen molar-refractivity contribution in [1.82, 2.24) is 14.8 Å². The van der Waals surface area contributed by atoms with E-state index in [1.54, 1.807) is 35.0 Å². The van der Waals surface area contributed by atoms with Crippen LogP contribution in [-0.4, -0.2) is 26.5 Å². The molecule has 0 saturated heterocycles. The van der Waals surface area contributed by atoms with Crippen LogP contribution >= 0.6 is 0 Å². The molecule has 136 valence electrons. The van der Waals surface area contributed by atoms with Gasteiger partial charge in [-0.25, -0.2) is 4.98 Å². The summed E-state index contributed by atoms with van der Waals surface area (Å²) in [5, 5.41) is 16.2. The van der Waals surface area contributed by atoms with Gasteiger partial charge in [-0.3, -0.25) is 14.3 Å². The van der Waals surface area contributed by atoms with Gasteiger partial charge in [0.1, 0.15) is 11.5 Å². The van der Waals surface area contributed by atoms with Gasteiger partial charge in [0.2, 0.25) is 5.78 Å². The molecule has 0 fully saturated rings.